The Balaban J connectivity index is 1.64. The molecule has 2 heterocycles. The average Bonchev–Trinajstić information content (AvgIpc) is 3.16. The maximum absolute atomic E-state index is 12.5. The molecule has 0 spiro atoms. The van der Waals surface area contributed by atoms with Crippen molar-refractivity contribution in [3.05, 3.63) is 86.0 Å². The Bertz CT molecular complexity index is 1330. The molecule has 9 heteroatoms. The molecule has 2 aromatic carbocycles. The molecule has 176 valence electrons. The second-order valence-electron chi connectivity index (χ2n) is 7.68. The number of aromatic nitrogens is 2. The largest absolute Gasteiger partial charge is 0.462 e. The van der Waals surface area contributed by atoms with Gasteiger partial charge in [-0.1, -0.05) is 59.6 Å². The summed E-state index contributed by atoms with van der Waals surface area (Å²) in [5.41, 5.74) is 2.83. The molecule has 3 N–H and O–H groups in total. The van der Waals surface area contributed by atoms with Crippen molar-refractivity contribution in [1.29, 1.82) is 0 Å². The number of esters is 1. The summed E-state index contributed by atoms with van der Waals surface area (Å²) >= 11 is 14.0. The van der Waals surface area contributed by atoms with Crippen molar-refractivity contribution in [3.63, 3.8) is 0 Å². The smallest absolute Gasteiger partial charge is 0.348 e. The van der Waals surface area contributed by atoms with Crippen LogP contribution in [0.15, 0.2) is 48.5 Å². The Hall–Kier alpha value is -2.71. The second kappa shape index (κ2) is 11.1. The lowest BCUT2D eigenvalue weighted by molar-refractivity contribution is -0.687. The lowest BCUT2D eigenvalue weighted by atomic mass is 10.2. The number of carbonyl (C=O) groups excluding carboxylic acids is 1. The molecule has 0 amide bonds. The highest BCUT2D eigenvalue weighted by Crippen LogP contribution is 2.34. The minimum absolute atomic E-state index is 0.318. The number of benzene rings is 2. The topological polar surface area (TPSA) is 80.7 Å². The van der Waals surface area contributed by atoms with Crippen molar-refractivity contribution < 1.29 is 14.8 Å². The van der Waals surface area contributed by atoms with E-state index in [2.05, 4.69) is 10.6 Å². The molecule has 34 heavy (non-hydrogen) atoms. The van der Waals surface area contributed by atoms with Crippen molar-refractivity contribution in [2.75, 3.05) is 11.9 Å². The number of aryl methyl sites for hydroxylation is 1. The molecular formula is C25H25Cl2N4O2S+. The fourth-order valence-corrected chi connectivity index (χ4v) is 5.14. The van der Waals surface area contributed by atoms with E-state index in [1.54, 1.807) is 6.92 Å². The number of hydrogen-bond acceptors (Lipinski definition) is 6. The number of quaternary nitrogens is 1. The van der Waals surface area contributed by atoms with Crippen LogP contribution in [0.1, 0.15) is 39.1 Å². The normalized spacial score (nSPS) is 11.1. The summed E-state index contributed by atoms with van der Waals surface area (Å²) < 4.78 is 5.25. The number of halogens is 2. The van der Waals surface area contributed by atoms with Gasteiger partial charge in [-0.25, -0.2) is 14.8 Å². The summed E-state index contributed by atoms with van der Waals surface area (Å²) in [5, 5.41) is 7.77. The van der Waals surface area contributed by atoms with Gasteiger partial charge in [0.25, 0.3) is 0 Å². The van der Waals surface area contributed by atoms with Crippen LogP contribution in [-0.4, -0.2) is 22.5 Å². The molecule has 0 aliphatic carbocycles. The Morgan fingerprint density at radius 2 is 1.71 bits per heavy atom. The van der Waals surface area contributed by atoms with Crippen LogP contribution in [0.5, 0.6) is 0 Å². The molecule has 0 aliphatic heterocycles. The maximum Gasteiger partial charge on any atom is 0.348 e. The number of fused-ring (bicyclic) bond motifs is 1. The summed E-state index contributed by atoms with van der Waals surface area (Å²) in [6, 6.07) is 15.5. The van der Waals surface area contributed by atoms with Gasteiger partial charge in [0, 0.05) is 22.2 Å². The summed E-state index contributed by atoms with van der Waals surface area (Å²) in [6.45, 7) is 5.79. The van der Waals surface area contributed by atoms with Crippen molar-refractivity contribution >= 4 is 56.5 Å². The molecule has 0 fully saturated rings. The number of thiophene rings is 1. The quantitative estimate of drug-likeness (QED) is 0.293. The third-order valence-electron chi connectivity index (χ3n) is 5.35. The van der Waals surface area contributed by atoms with Gasteiger partial charge >= 0.3 is 5.97 Å². The lowest BCUT2D eigenvalue weighted by Crippen LogP contribution is -2.81. The molecule has 0 atom stereocenters. The highest BCUT2D eigenvalue weighted by molar-refractivity contribution is 7.20. The molecule has 0 saturated carbocycles. The van der Waals surface area contributed by atoms with Crippen LogP contribution in [0, 0.1) is 6.92 Å². The van der Waals surface area contributed by atoms with Crippen LogP contribution < -0.4 is 10.6 Å². The van der Waals surface area contributed by atoms with Gasteiger partial charge in [-0.3, -0.25) is 0 Å². The molecule has 4 rings (SSSR count). The number of nitrogens with one attached hydrogen (secondary N) is 1. The van der Waals surface area contributed by atoms with E-state index in [-0.39, 0.29) is 5.97 Å². The fraction of sp³-hybridized carbons (Fsp3) is 0.240. The molecule has 0 radical (unpaired) electrons. The van der Waals surface area contributed by atoms with Gasteiger partial charge in [-0.15, -0.1) is 11.3 Å². The molecule has 0 saturated heterocycles. The van der Waals surface area contributed by atoms with Gasteiger partial charge in [0.2, 0.25) is 0 Å². The summed E-state index contributed by atoms with van der Waals surface area (Å²) in [5.74, 6) is 1.00. The number of ether oxygens (including phenoxy) is 1. The Morgan fingerprint density at radius 1 is 1.03 bits per heavy atom. The average molecular weight is 516 g/mol. The Kier molecular flexibility index (Phi) is 8.00. The van der Waals surface area contributed by atoms with Crippen molar-refractivity contribution in [2.24, 2.45) is 0 Å². The van der Waals surface area contributed by atoms with E-state index in [1.807, 2.05) is 55.5 Å². The summed E-state index contributed by atoms with van der Waals surface area (Å²) in [6.07, 6.45) is 0. The standard InChI is InChI=1S/C25H24Cl2N4O2S/c1-3-33-25(32)22-15(2)21-23(29-13-17-9-5-7-11-19(17)27)30-20(31-24(21)34-22)14-28-12-16-8-4-6-10-18(16)26/h4-11,28H,3,12-14H2,1-2H3,(H,29,30,31)/p+1. The molecule has 0 unspecified atom stereocenters. The number of hydrogen-bond donors (Lipinski definition) is 2. The van der Waals surface area contributed by atoms with Crippen LogP contribution in [0.3, 0.4) is 0 Å². The van der Waals surface area contributed by atoms with Crippen LogP contribution in [-0.2, 0) is 24.4 Å². The van der Waals surface area contributed by atoms with E-state index >= 15 is 0 Å². The number of anilines is 1. The van der Waals surface area contributed by atoms with Crippen molar-refractivity contribution in [1.82, 2.24) is 9.97 Å². The first kappa shape index (κ1) is 24.4. The molecule has 2 aromatic heterocycles. The molecule has 6 nitrogen and oxygen atoms in total. The predicted molar refractivity (Wildman–Crippen MR) is 138 cm³/mol. The zero-order valence-corrected chi connectivity index (χ0v) is 21.2. The minimum atomic E-state index is -0.341. The highest BCUT2D eigenvalue weighted by atomic mass is 35.5. The van der Waals surface area contributed by atoms with E-state index in [1.165, 1.54) is 11.3 Å². The van der Waals surface area contributed by atoms with Gasteiger partial charge in [0.1, 0.15) is 28.6 Å². The Labute approximate surface area is 212 Å². The molecule has 0 bridgehead atoms. The van der Waals surface area contributed by atoms with Crippen LogP contribution in [0.25, 0.3) is 10.2 Å². The van der Waals surface area contributed by atoms with Crippen LogP contribution in [0.4, 0.5) is 5.82 Å². The van der Waals surface area contributed by atoms with Crippen molar-refractivity contribution in [2.45, 2.75) is 33.5 Å². The monoisotopic (exact) mass is 515 g/mol. The molecule has 4 aromatic rings. The van der Waals surface area contributed by atoms with Gasteiger partial charge in [-0.05, 0) is 37.1 Å². The number of carbonyl (C=O) groups is 1. The summed E-state index contributed by atoms with van der Waals surface area (Å²) in [7, 11) is 0. The van der Waals surface area contributed by atoms with E-state index < -0.39 is 0 Å². The highest BCUT2D eigenvalue weighted by Gasteiger charge is 2.22. The van der Waals surface area contributed by atoms with E-state index in [0.29, 0.717) is 47.8 Å². The van der Waals surface area contributed by atoms with Gasteiger partial charge in [0.15, 0.2) is 5.82 Å². The molecular weight excluding hydrogens is 491 g/mol. The van der Waals surface area contributed by atoms with Crippen LogP contribution >= 0.6 is 34.5 Å². The maximum atomic E-state index is 12.5. The summed E-state index contributed by atoms with van der Waals surface area (Å²) in [4.78, 5) is 23.4. The first-order valence-electron chi connectivity index (χ1n) is 11.0. The second-order valence-corrected chi connectivity index (χ2v) is 9.49. The zero-order chi connectivity index (χ0) is 24.1. The third kappa shape index (κ3) is 5.50. The Morgan fingerprint density at radius 3 is 2.38 bits per heavy atom. The number of nitrogens with zero attached hydrogens (tertiary/aromatic N) is 2. The van der Waals surface area contributed by atoms with E-state index in [4.69, 9.17) is 37.9 Å². The van der Waals surface area contributed by atoms with E-state index in [0.717, 1.165) is 31.9 Å². The predicted octanol–water partition coefficient (Wildman–Crippen LogP) is 5.36. The van der Waals surface area contributed by atoms with Crippen LogP contribution in [0.2, 0.25) is 10.0 Å². The van der Waals surface area contributed by atoms with Gasteiger partial charge < -0.3 is 15.4 Å². The van der Waals surface area contributed by atoms with Crippen molar-refractivity contribution in [3.8, 4) is 0 Å². The first-order valence-corrected chi connectivity index (χ1v) is 12.5. The lowest BCUT2D eigenvalue weighted by Gasteiger charge is -2.11. The SMILES string of the molecule is CCOC(=O)c1sc2nc(C[NH2+]Cc3ccccc3Cl)nc(NCc3ccccc3Cl)c2c1C. The zero-order valence-electron chi connectivity index (χ0n) is 18.9. The number of nitrogens with two attached hydrogens (primary N) is 1. The van der Waals surface area contributed by atoms with Gasteiger partial charge in [-0.2, -0.15) is 0 Å². The third-order valence-corrected chi connectivity index (χ3v) is 7.25. The number of rotatable bonds is 9. The van der Waals surface area contributed by atoms with Gasteiger partial charge in [0.05, 0.1) is 12.0 Å². The fourth-order valence-electron chi connectivity index (χ4n) is 3.63. The minimum Gasteiger partial charge on any atom is -0.462 e. The van der Waals surface area contributed by atoms with E-state index in [9.17, 15) is 4.79 Å². The molecule has 0 aliphatic rings. The first-order chi connectivity index (χ1) is 16.5.